The third-order valence-corrected chi connectivity index (χ3v) is 3.03. The first-order valence-corrected chi connectivity index (χ1v) is 5.95. The van der Waals surface area contributed by atoms with Crippen molar-refractivity contribution in [1.82, 2.24) is 0 Å². The van der Waals surface area contributed by atoms with Crippen molar-refractivity contribution >= 4 is 5.69 Å². The number of hydrogen-bond acceptors (Lipinski definition) is 3. The van der Waals surface area contributed by atoms with Crippen LogP contribution in [0, 0.1) is 27.6 Å². The van der Waals surface area contributed by atoms with Gasteiger partial charge in [-0.2, -0.15) is 0 Å². The largest absolute Gasteiger partial charge is 0.388 e. The lowest BCUT2D eigenvalue weighted by molar-refractivity contribution is -0.385. The lowest BCUT2D eigenvalue weighted by Gasteiger charge is -2.12. The van der Waals surface area contributed by atoms with Crippen molar-refractivity contribution in [3.63, 3.8) is 0 Å². The van der Waals surface area contributed by atoms with Gasteiger partial charge in [0.1, 0.15) is 0 Å². The number of para-hydroxylation sites is 1. The lowest BCUT2D eigenvalue weighted by atomic mass is 9.99. The molecular formula is C14H10F3NO3. The highest BCUT2D eigenvalue weighted by atomic mass is 19.2. The molecule has 0 radical (unpaired) electrons. The molecule has 2 aromatic rings. The first-order chi connectivity index (χ1) is 9.91. The molecule has 1 unspecified atom stereocenters. The highest BCUT2D eigenvalue weighted by molar-refractivity contribution is 5.41. The standard InChI is InChI=1S/C14H10F3NO3/c15-10-6-5-9(13(16)14(10)17)12(19)7-8-3-1-2-4-11(8)18(20)21/h1-6,12,19H,7H2. The van der Waals surface area contributed by atoms with E-state index in [2.05, 4.69) is 0 Å². The van der Waals surface area contributed by atoms with E-state index in [1.54, 1.807) is 0 Å². The fraction of sp³-hybridized carbons (Fsp3) is 0.143. The Hall–Kier alpha value is -2.41. The Balaban J connectivity index is 2.33. The normalized spacial score (nSPS) is 12.2. The number of aliphatic hydroxyl groups is 1. The van der Waals surface area contributed by atoms with Crippen LogP contribution in [0.2, 0.25) is 0 Å². The average molecular weight is 297 g/mol. The number of nitro groups is 1. The molecule has 7 heteroatoms. The van der Waals surface area contributed by atoms with Crippen LogP contribution in [-0.2, 0) is 6.42 Å². The van der Waals surface area contributed by atoms with Gasteiger partial charge in [-0.25, -0.2) is 13.2 Å². The van der Waals surface area contributed by atoms with E-state index in [1.807, 2.05) is 0 Å². The van der Waals surface area contributed by atoms with Gasteiger partial charge in [-0.3, -0.25) is 10.1 Å². The quantitative estimate of drug-likeness (QED) is 0.535. The van der Waals surface area contributed by atoms with Gasteiger partial charge in [0.05, 0.1) is 11.0 Å². The summed E-state index contributed by atoms with van der Waals surface area (Å²) in [6, 6.07) is 7.22. The van der Waals surface area contributed by atoms with Gasteiger partial charge < -0.3 is 5.11 Å². The Morgan fingerprint density at radius 3 is 2.43 bits per heavy atom. The average Bonchev–Trinajstić information content (AvgIpc) is 2.45. The fourth-order valence-electron chi connectivity index (χ4n) is 1.98. The molecule has 0 amide bonds. The molecule has 0 bridgehead atoms. The first-order valence-electron chi connectivity index (χ1n) is 5.95. The summed E-state index contributed by atoms with van der Waals surface area (Å²) >= 11 is 0. The highest BCUT2D eigenvalue weighted by Gasteiger charge is 2.22. The summed E-state index contributed by atoms with van der Waals surface area (Å²) in [4.78, 5) is 10.2. The molecular weight excluding hydrogens is 287 g/mol. The van der Waals surface area contributed by atoms with Crippen LogP contribution < -0.4 is 0 Å². The third-order valence-electron chi connectivity index (χ3n) is 3.03. The molecule has 0 saturated heterocycles. The SMILES string of the molecule is O=[N+]([O-])c1ccccc1CC(O)c1ccc(F)c(F)c1F. The van der Waals surface area contributed by atoms with Gasteiger partial charge in [0.25, 0.3) is 5.69 Å². The van der Waals surface area contributed by atoms with Gasteiger partial charge in [-0.1, -0.05) is 24.3 Å². The molecule has 0 saturated carbocycles. The van der Waals surface area contributed by atoms with Gasteiger partial charge in [0.2, 0.25) is 0 Å². The van der Waals surface area contributed by atoms with Gasteiger partial charge >= 0.3 is 0 Å². The second-order valence-electron chi connectivity index (χ2n) is 4.37. The predicted molar refractivity (Wildman–Crippen MR) is 68.1 cm³/mol. The maximum atomic E-state index is 13.6. The summed E-state index contributed by atoms with van der Waals surface area (Å²) in [5.74, 6) is -4.55. The topological polar surface area (TPSA) is 63.4 Å². The maximum Gasteiger partial charge on any atom is 0.272 e. The van der Waals surface area contributed by atoms with E-state index in [-0.39, 0.29) is 17.7 Å². The van der Waals surface area contributed by atoms with Crippen LogP contribution in [0.3, 0.4) is 0 Å². The molecule has 1 N–H and O–H groups in total. The summed E-state index contributed by atoms with van der Waals surface area (Å²) in [6.45, 7) is 0. The molecule has 0 aliphatic carbocycles. The minimum atomic E-state index is -1.69. The third kappa shape index (κ3) is 3.03. The van der Waals surface area contributed by atoms with Gasteiger partial charge in [-0.15, -0.1) is 0 Å². The van der Waals surface area contributed by atoms with Crippen molar-refractivity contribution in [3.8, 4) is 0 Å². The Bertz CT molecular complexity index is 691. The Morgan fingerprint density at radius 2 is 1.76 bits per heavy atom. The number of hydrogen-bond donors (Lipinski definition) is 1. The molecule has 0 aliphatic rings. The zero-order valence-corrected chi connectivity index (χ0v) is 10.6. The van der Waals surface area contributed by atoms with Crippen LogP contribution in [0.15, 0.2) is 36.4 Å². The van der Waals surface area contributed by atoms with Crippen LogP contribution in [-0.4, -0.2) is 10.0 Å². The fourth-order valence-corrected chi connectivity index (χ4v) is 1.98. The predicted octanol–water partition coefficient (Wildman–Crippen LogP) is 3.29. The summed E-state index contributed by atoms with van der Waals surface area (Å²) in [6.07, 6.45) is -1.82. The van der Waals surface area contributed by atoms with Crippen molar-refractivity contribution < 1.29 is 23.2 Å². The molecule has 1 atom stereocenters. The van der Waals surface area contributed by atoms with Gasteiger partial charge in [0, 0.05) is 23.6 Å². The number of aliphatic hydroxyl groups excluding tert-OH is 1. The number of nitrogens with zero attached hydrogens (tertiary/aromatic N) is 1. The van der Waals surface area contributed by atoms with E-state index in [0.29, 0.717) is 6.07 Å². The molecule has 0 spiro atoms. The van der Waals surface area contributed by atoms with Gasteiger partial charge in [0.15, 0.2) is 17.5 Å². The number of halogens is 3. The minimum absolute atomic E-state index is 0.166. The van der Waals surface area contributed by atoms with E-state index in [4.69, 9.17) is 0 Å². The highest BCUT2D eigenvalue weighted by Crippen LogP contribution is 2.27. The smallest absolute Gasteiger partial charge is 0.272 e. The molecule has 21 heavy (non-hydrogen) atoms. The van der Waals surface area contributed by atoms with Crippen molar-refractivity contribution in [2.24, 2.45) is 0 Å². The molecule has 0 heterocycles. The first kappa shape index (κ1) is 15.0. The zero-order valence-electron chi connectivity index (χ0n) is 10.6. The van der Waals surface area contributed by atoms with Crippen LogP contribution in [0.5, 0.6) is 0 Å². The molecule has 2 rings (SSSR count). The van der Waals surface area contributed by atoms with Crippen molar-refractivity contribution in [1.29, 1.82) is 0 Å². The second-order valence-corrected chi connectivity index (χ2v) is 4.37. The van der Waals surface area contributed by atoms with Crippen LogP contribution in [0.25, 0.3) is 0 Å². The molecule has 110 valence electrons. The van der Waals surface area contributed by atoms with E-state index in [9.17, 15) is 28.4 Å². The molecule has 0 aromatic heterocycles. The Morgan fingerprint density at radius 1 is 1.10 bits per heavy atom. The van der Waals surface area contributed by atoms with Crippen molar-refractivity contribution in [2.45, 2.75) is 12.5 Å². The van der Waals surface area contributed by atoms with Crippen LogP contribution in [0.4, 0.5) is 18.9 Å². The van der Waals surface area contributed by atoms with E-state index in [1.165, 1.54) is 24.3 Å². The molecule has 2 aromatic carbocycles. The second kappa shape index (κ2) is 5.92. The monoisotopic (exact) mass is 297 g/mol. The Kier molecular flexibility index (Phi) is 4.23. The number of nitro benzene ring substituents is 1. The summed E-state index contributed by atoms with van der Waals surface area (Å²) in [5.41, 5.74) is -0.522. The van der Waals surface area contributed by atoms with E-state index >= 15 is 0 Å². The maximum absolute atomic E-state index is 13.6. The Labute approximate surface area is 117 Å². The number of rotatable bonds is 4. The number of benzene rings is 2. The molecule has 0 fully saturated rings. The summed E-state index contributed by atoms with van der Waals surface area (Å²) < 4.78 is 39.5. The van der Waals surface area contributed by atoms with Crippen LogP contribution >= 0.6 is 0 Å². The van der Waals surface area contributed by atoms with E-state index < -0.39 is 34.0 Å². The van der Waals surface area contributed by atoms with E-state index in [0.717, 1.165) is 6.07 Å². The zero-order chi connectivity index (χ0) is 15.6. The summed E-state index contributed by atoms with van der Waals surface area (Å²) in [5, 5.41) is 20.8. The van der Waals surface area contributed by atoms with Crippen molar-refractivity contribution in [3.05, 3.63) is 75.1 Å². The minimum Gasteiger partial charge on any atom is -0.388 e. The molecule has 4 nitrogen and oxygen atoms in total. The lowest BCUT2D eigenvalue weighted by Crippen LogP contribution is -2.08. The summed E-state index contributed by atoms with van der Waals surface area (Å²) in [7, 11) is 0. The van der Waals surface area contributed by atoms with Crippen LogP contribution in [0.1, 0.15) is 17.2 Å². The molecule has 0 aliphatic heterocycles. The van der Waals surface area contributed by atoms with Crippen molar-refractivity contribution in [2.75, 3.05) is 0 Å². The van der Waals surface area contributed by atoms with Gasteiger partial charge in [-0.05, 0) is 6.07 Å².